The van der Waals surface area contributed by atoms with Gasteiger partial charge in [0.05, 0.1) is 44.0 Å². The second kappa shape index (κ2) is 47.2. The molecule has 14 rings (SSSR count). The van der Waals surface area contributed by atoms with Gasteiger partial charge in [0.1, 0.15) is 23.3 Å². The van der Waals surface area contributed by atoms with Gasteiger partial charge in [-0.25, -0.2) is 69.0 Å². The molecule has 0 aliphatic heterocycles. The number of aromatic nitrogens is 21. The highest BCUT2D eigenvalue weighted by Crippen LogP contribution is 2.36. The molecule has 0 atom stereocenters. The number of anilines is 1. The number of aromatic amines is 7. The lowest BCUT2D eigenvalue weighted by molar-refractivity contribution is 0.442. The SMILES string of the molecule is CC(C)Cn1c(C(C)C)n[nH]c1=O.CC(C)c1[nH]ncc1-c1ccccc1Cl.CC(C)c1[nH]ncc1-c1ccccc1Cl.CC(C)c1n[nH]c(=O)n1-c1ccccc1Cl.CC(C)c1n[nH]c(=O)n1C(C)C.CC(C)c1n[nH]c(=O)o1.CC(C)c1nc(N)ncc1-c1ccccc1Cl.CC(C)c1nc2ccccc2s1.CCn1c(C(C)C)n[nH]c1=O. The van der Waals surface area contributed by atoms with Crippen LogP contribution in [0.15, 0.2) is 168 Å². The summed E-state index contributed by atoms with van der Waals surface area (Å²) in [5.74, 6) is 6.75. The van der Waals surface area contributed by atoms with Crippen molar-refractivity contribution in [2.24, 2.45) is 5.92 Å². The lowest BCUT2D eigenvalue weighted by atomic mass is 9.99. The van der Waals surface area contributed by atoms with E-state index >= 15 is 0 Å². The molecule has 14 aromatic rings. The third-order valence-electron chi connectivity index (χ3n) is 17.7. The van der Waals surface area contributed by atoms with E-state index in [1.54, 1.807) is 43.4 Å². The molecule has 0 spiro atoms. The van der Waals surface area contributed by atoms with Crippen molar-refractivity contribution < 1.29 is 4.42 Å². The Hall–Kier alpha value is -10.9. The maximum atomic E-state index is 11.7. The van der Waals surface area contributed by atoms with Crippen LogP contribution >= 0.6 is 57.7 Å². The minimum absolute atomic E-state index is 0.0996. The van der Waals surface area contributed by atoms with Crippen LogP contribution in [-0.2, 0) is 13.1 Å². The zero-order valence-electron chi connectivity index (χ0n) is 72.8. The number of thiazole rings is 1. The normalized spacial score (nSPS) is 11.1. The Morgan fingerprint density at radius 1 is 0.408 bits per heavy atom. The van der Waals surface area contributed by atoms with Gasteiger partial charge in [-0.05, 0) is 86.9 Å². The van der Waals surface area contributed by atoms with Gasteiger partial charge in [0.2, 0.25) is 11.8 Å². The number of halogens is 4. The summed E-state index contributed by atoms with van der Waals surface area (Å²) in [7, 11) is 0. The molecule has 0 fully saturated rings. The first kappa shape index (κ1) is 98.0. The molecule has 0 unspecified atom stereocenters. The van der Waals surface area contributed by atoms with Crippen LogP contribution in [0.25, 0.3) is 49.3 Å². The van der Waals surface area contributed by atoms with E-state index < -0.39 is 5.76 Å². The molecule has 0 aliphatic carbocycles. The fraction of sp³-hybridized carbons (Fsp3) is 0.414. The Kier molecular flexibility index (Phi) is 38.6. The highest BCUT2D eigenvalue weighted by molar-refractivity contribution is 7.18. The highest BCUT2D eigenvalue weighted by Gasteiger charge is 2.20. The van der Waals surface area contributed by atoms with E-state index in [1.807, 2.05) is 193 Å². The van der Waals surface area contributed by atoms with E-state index in [0.29, 0.717) is 69.5 Å². The molecule has 33 heteroatoms. The van der Waals surface area contributed by atoms with Crippen LogP contribution in [0.2, 0.25) is 20.1 Å². The molecule has 644 valence electrons. The minimum atomic E-state index is -0.487. The molecule has 120 heavy (non-hydrogen) atoms. The van der Waals surface area contributed by atoms with Gasteiger partial charge in [0.25, 0.3) is 0 Å². The number of rotatable bonds is 17. The number of H-pyrrole nitrogens is 7. The quantitative estimate of drug-likeness (QED) is 0.0420. The van der Waals surface area contributed by atoms with Crippen molar-refractivity contribution in [1.29, 1.82) is 0 Å². The lowest BCUT2D eigenvalue weighted by Crippen LogP contribution is -2.22. The fourth-order valence-electron chi connectivity index (χ4n) is 11.8. The number of hydrogen-bond acceptors (Lipinski definition) is 18. The molecule has 0 saturated carbocycles. The largest absolute Gasteiger partial charge is 0.434 e. The second-order valence-corrected chi connectivity index (χ2v) is 34.0. The average Bonchev–Trinajstić information content (AvgIpc) is 0.906. The average molecular weight is 1740 g/mol. The fourth-order valence-corrected chi connectivity index (χ4v) is 13.7. The first-order chi connectivity index (χ1) is 56.8. The van der Waals surface area contributed by atoms with E-state index in [9.17, 15) is 24.0 Å². The summed E-state index contributed by atoms with van der Waals surface area (Å²) in [4.78, 5) is 68.4. The topological polar surface area (TPSA) is 384 Å². The Bertz CT molecular complexity index is 5640. The van der Waals surface area contributed by atoms with E-state index in [4.69, 9.17) is 52.1 Å². The summed E-state index contributed by atoms with van der Waals surface area (Å²) < 4.78 is 12.5. The van der Waals surface area contributed by atoms with Crippen LogP contribution < -0.4 is 34.2 Å². The van der Waals surface area contributed by atoms with Crippen molar-refractivity contribution in [1.82, 2.24) is 105 Å². The summed E-state index contributed by atoms with van der Waals surface area (Å²) in [5.41, 5.74) is 16.1. The summed E-state index contributed by atoms with van der Waals surface area (Å²) in [6.07, 6.45) is 5.39. The van der Waals surface area contributed by atoms with Gasteiger partial charge >= 0.3 is 28.5 Å². The van der Waals surface area contributed by atoms with Crippen LogP contribution in [0, 0.1) is 5.92 Å². The van der Waals surface area contributed by atoms with E-state index in [0.717, 1.165) is 90.0 Å². The second-order valence-electron chi connectivity index (χ2n) is 31.3. The molecular formula is C87H116Cl4N22O6S. The molecule has 9 N–H and O–H groups in total. The zero-order chi connectivity index (χ0) is 88.9. The first-order valence-corrected chi connectivity index (χ1v) is 42.4. The van der Waals surface area contributed by atoms with Gasteiger partial charge in [-0.2, -0.15) is 30.6 Å². The van der Waals surface area contributed by atoms with Crippen molar-refractivity contribution in [2.45, 2.75) is 232 Å². The zero-order valence-corrected chi connectivity index (χ0v) is 76.6. The molecular weight excluding hydrogens is 1620 g/mol. The van der Waals surface area contributed by atoms with Crippen LogP contribution in [0.4, 0.5) is 5.95 Å². The van der Waals surface area contributed by atoms with E-state index in [2.05, 4.69) is 178 Å². The number of nitrogens with one attached hydrogen (secondary N) is 7. The van der Waals surface area contributed by atoms with E-state index in [-0.39, 0.29) is 58.4 Å². The standard InChI is InChI=1S/C13H14ClN3.2C12H13ClN2.C11H12ClN3O.C10H11NS.C9H17N3O.C8H15N3O.C7H13N3O.C5H8N2O2/c1-8(2)12-10(7-16-13(15)17-12)9-5-3-4-6-11(9)14;2*1-8(2)12-10(7-14-15-12)9-5-3-4-6-11(9)13;1-7(2)10-13-14-11(16)15(10)9-6-4-3-5-8(9)12;1-7(2)10-11-8-5-3-4-6-9(8)12-10;1-6(2)5-12-8(7(3)4)10-11-9(12)13;1-5(2)7-9-10-8(12)11(7)6(3)4;1-4-10-6(5(2)3)8-9-7(10)11;1-3(2)4-6-7-5(8)9-4/h3-8H,1-2H3,(H2,15,16,17);2*3-8H,1-2H3,(H,14,15);3-7H,1-2H3,(H,14,16);3-7H,1-2H3;6-7H,5H2,1-4H3,(H,11,13);5-6H,1-4H3,(H,10,12);5H,4H2,1-3H3,(H,9,11);3H,1-2H3,(H,7,8). The third kappa shape index (κ3) is 27.9. The van der Waals surface area contributed by atoms with Crippen molar-refractivity contribution in [3.05, 3.63) is 264 Å². The maximum Gasteiger partial charge on any atom is 0.434 e. The molecule has 0 bridgehead atoms. The highest BCUT2D eigenvalue weighted by atomic mass is 35.5. The first-order valence-electron chi connectivity index (χ1n) is 40.0. The molecule has 28 nitrogen and oxygen atoms in total. The van der Waals surface area contributed by atoms with Crippen molar-refractivity contribution in [3.8, 4) is 39.1 Å². The Morgan fingerprint density at radius 2 is 0.842 bits per heavy atom. The number of nitrogen functional groups attached to an aromatic ring is 1. The lowest BCUT2D eigenvalue weighted by Gasteiger charge is -2.12. The molecule has 0 aliphatic rings. The number of hydrogen-bond donors (Lipinski definition) is 8. The molecule has 9 aromatic heterocycles. The van der Waals surface area contributed by atoms with Gasteiger partial charge in [-0.3, -0.25) is 23.9 Å². The number of nitrogens with two attached hydrogens (primary N) is 1. The minimum Gasteiger partial charge on any atom is -0.392 e. The number of benzene rings is 5. The van der Waals surface area contributed by atoms with Crippen molar-refractivity contribution in [2.75, 3.05) is 5.73 Å². The third-order valence-corrected chi connectivity index (χ3v) is 20.3. The predicted molar refractivity (Wildman–Crippen MR) is 487 cm³/mol. The number of para-hydroxylation sites is 2. The van der Waals surface area contributed by atoms with Crippen LogP contribution in [0.5, 0.6) is 0 Å². The van der Waals surface area contributed by atoms with E-state index in [1.165, 1.54) is 14.3 Å². The van der Waals surface area contributed by atoms with Gasteiger partial charge in [-0.1, -0.05) is 264 Å². The molecule has 0 saturated heterocycles. The number of fused-ring (bicyclic) bond motifs is 1. The van der Waals surface area contributed by atoms with Gasteiger partial charge in [-0.15, -0.1) is 16.4 Å². The Balaban J connectivity index is 0.000000210. The van der Waals surface area contributed by atoms with Gasteiger partial charge in [0, 0.05) is 121 Å². The summed E-state index contributed by atoms with van der Waals surface area (Å²) in [6.45, 7) is 48.4. The van der Waals surface area contributed by atoms with Gasteiger partial charge < -0.3 is 10.2 Å². The molecule has 0 amide bonds. The Morgan fingerprint density at radius 3 is 1.24 bits per heavy atom. The van der Waals surface area contributed by atoms with Crippen LogP contribution in [0.3, 0.4) is 0 Å². The van der Waals surface area contributed by atoms with Crippen molar-refractivity contribution in [3.63, 3.8) is 0 Å². The monoisotopic (exact) mass is 1740 g/mol. The molecule has 5 aromatic carbocycles. The predicted octanol–water partition coefficient (Wildman–Crippen LogP) is 20.8. The Labute approximate surface area is 724 Å². The summed E-state index contributed by atoms with van der Waals surface area (Å²) in [6, 6.07) is 39.0. The molecule has 0 radical (unpaired) electrons. The smallest absolute Gasteiger partial charge is 0.392 e. The summed E-state index contributed by atoms with van der Waals surface area (Å²) in [5, 5.41) is 49.7. The van der Waals surface area contributed by atoms with Crippen LogP contribution in [0.1, 0.15) is 270 Å². The van der Waals surface area contributed by atoms with Gasteiger partial charge in [0.15, 0.2) is 0 Å². The summed E-state index contributed by atoms with van der Waals surface area (Å²) >= 11 is 26.3. The van der Waals surface area contributed by atoms with Crippen molar-refractivity contribution >= 4 is 73.9 Å². The van der Waals surface area contributed by atoms with Crippen LogP contribution in [-0.4, -0.2) is 105 Å². The maximum absolute atomic E-state index is 11.7. The molecule has 9 heterocycles. The number of nitrogens with zero attached hydrogens (tertiary/aromatic N) is 14.